The maximum Gasteiger partial charge on any atom is 0.252 e. The molecule has 0 spiro atoms. The number of nitrogens with one attached hydrogen (secondary N) is 3. The number of carbonyl (C=O) groups excluding carboxylic acids is 1. The topological polar surface area (TPSA) is 111 Å². The molecular weight excluding hydrogens is 404 g/mol. The van der Waals surface area contributed by atoms with Gasteiger partial charge in [0.1, 0.15) is 0 Å². The predicted molar refractivity (Wildman–Crippen MR) is 113 cm³/mol. The first-order valence-corrected chi connectivity index (χ1v) is 10.4. The zero-order valence-corrected chi connectivity index (χ0v) is 17.9. The summed E-state index contributed by atoms with van der Waals surface area (Å²) in [6.45, 7) is 7.98. The number of benzene rings is 1. The SMILES string of the molecule is CCNCCNC(=O)c1cc(=O)[nH]c2ccc(S(=O)(=O)N(CC)CC)cc12.Cl. The van der Waals surface area contributed by atoms with Crippen molar-refractivity contribution in [1.82, 2.24) is 19.9 Å². The lowest BCUT2D eigenvalue weighted by molar-refractivity contribution is 0.0955. The van der Waals surface area contributed by atoms with Gasteiger partial charge in [0.15, 0.2) is 0 Å². The van der Waals surface area contributed by atoms with Gasteiger partial charge < -0.3 is 15.6 Å². The minimum absolute atomic E-state index is 0. The van der Waals surface area contributed by atoms with E-state index in [1.807, 2.05) is 6.92 Å². The number of nitrogens with zero attached hydrogens (tertiary/aromatic N) is 1. The van der Waals surface area contributed by atoms with Gasteiger partial charge in [-0.25, -0.2) is 8.42 Å². The van der Waals surface area contributed by atoms with E-state index in [0.29, 0.717) is 37.1 Å². The lowest BCUT2D eigenvalue weighted by Crippen LogP contribution is -2.32. The van der Waals surface area contributed by atoms with Crippen LogP contribution in [0.4, 0.5) is 0 Å². The van der Waals surface area contributed by atoms with Gasteiger partial charge in [-0.3, -0.25) is 9.59 Å². The van der Waals surface area contributed by atoms with Crippen LogP contribution in [0.25, 0.3) is 10.9 Å². The fourth-order valence-corrected chi connectivity index (χ4v) is 4.31. The molecule has 0 atom stereocenters. The van der Waals surface area contributed by atoms with E-state index in [1.165, 1.54) is 28.6 Å². The Morgan fingerprint density at radius 3 is 2.39 bits per heavy atom. The fourth-order valence-electron chi connectivity index (χ4n) is 2.83. The molecule has 8 nitrogen and oxygen atoms in total. The monoisotopic (exact) mass is 430 g/mol. The molecule has 0 fully saturated rings. The van der Waals surface area contributed by atoms with Crippen LogP contribution in [0.1, 0.15) is 31.1 Å². The number of likely N-dealkylation sites (N-methyl/N-ethyl adjacent to an activating group) is 1. The van der Waals surface area contributed by atoms with Gasteiger partial charge in [-0.05, 0) is 24.7 Å². The van der Waals surface area contributed by atoms with E-state index >= 15 is 0 Å². The summed E-state index contributed by atoms with van der Waals surface area (Å²) in [5, 5.41) is 6.23. The number of halogens is 1. The average Bonchev–Trinajstić information content (AvgIpc) is 2.64. The number of rotatable bonds is 9. The second-order valence-corrected chi connectivity index (χ2v) is 7.89. The standard InChI is InChI=1S/C18H26N4O4S.ClH/c1-4-19-9-10-20-18(24)15-12-17(23)21-16-8-7-13(11-14(15)16)27(25,26)22(5-2)6-3;/h7-8,11-12,19H,4-6,9-10H2,1-3H3,(H,20,24)(H,21,23);1H. The third-order valence-corrected chi connectivity index (χ3v) is 6.29. The first-order chi connectivity index (χ1) is 12.8. The smallest absolute Gasteiger partial charge is 0.252 e. The van der Waals surface area contributed by atoms with E-state index in [2.05, 4.69) is 15.6 Å². The second kappa shape index (κ2) is 10.6. The van der Waals surface area contributed by atoms with Crippen LogP contribution in [-0.2, 0) is 10.0 Å². The Morgan fingerprint density at radius 1 is 1.11 bits per heavy atom. The van der Waals surface area contributed by atoms with Gasteiger partial charge in [-0.1, -0.05) is 20.8 Å². The number of hydrogen-bond acceptors (Lipinski definition) is 5. The number of pyridine rings is 1. The highest BCUT2D eigenvalue weighted by atomic mass is 35.5. The lowest BCUT2D eigenvalue weighted by Gasteiger charge is -2.19. The zero-order chi connectivity index (χ0) is 20.0. The molecule has 3 N–H and O–H groups in total. The summed E-state index contributed by atoms with van der Waals surface area (Å²) < 4.78 is 26.9. The van der Waals surface area contributed by atoms with Crippen molar-refractivity contribution in [3.05, 3.63) is 40.2 Å². The number of aromatic amines is 1. The van der Waals surface area contributed by atoms with Gasteiger partial charge in [-0.2, -0.15) is 4.31 Å². The minimum atomic E-state index is -3.67. The molecule has 0 saturated carbocycles. The fraction of sp³-hybridized carbons (Fsp3) is 0.444. The highest BCUT2D eigenvalue weighted by Crippen LogP contribution is 2.22. The Hall–Kier alpha value is -1.94. The van der Waals surface area contributed by atoms with E-state index in [9.17, 15) is 18.0 Å². The summed E-state index contributed by atoms with van der Waals surface area (Å²) in [5.74, 6) is -0.415. The molecular formula is C18H27ClN4O4S. The van der Waals surface area contributed by atoms with Crippen LogP contribution in [0.15, 0.2) is 34.0 Å². The van der Waals surface area contributed by atoms with E-state index in [1.54, 1.807) is 13.8 Å². The predicted octanol–water partition coefficient (Wildman–Crippen LogP) is 1.32. The molecule has 2 aromatic rings. The molecule has 1 aromatic carbocycles. The van der Waals surface area contributed by atoms with E-state index in [4.69, 9.17) is 0 Å². The summed E-state index contributed by atoms with van der Waals surface area (Å²) >= 11 is 0. The summed E-state index contributed by atoms with van der Waals surface area (Å²) in [6, 6.07) is 5.60. The molecule has 0 unspecified atom stereocenters. The van der Waals surface area contributed by atoms with Crippen LogP contribution in [0, 0.1) is 0 Å². The van der Waals surface area contributed by atoms with Crippen LogP contribution in [-0.4, -0.2) is 56.3 Å². The van der Waals surface area contributed by atoms with E-state index < -0.39 is 21.5 Å². The maximum atomic E-state index is 12.8. The second-order valence-electron chi connectivity index (χ2n) is 5.95. The molecule has 0 radical (unpaired) electrons. The Kier molecular flexibility index (Phi) is 9.09. The van der Waals surface area contributed by atoms with Crippen LogP contribution >= 0.6 is 12.4 Å². The lowest BCUT2D eigenvalue weighted by atomic mass is 10.1. The number of hydrogen-bond donors (Lipinski definition) is 3. The quantitative estimate of drug-likeness (QED) is 0.519. The molecule has 0 bridgehead atoms. The zero-order valence-electron chi connectivity index (χ0n) is 16.2. The van der Waals surface area contributed by atoms with Crippen molar-refractivity contribution in [1.29, 1.82) is 0 Å². The Morgan fingerprint density at radius 2 is 1.79 bits per heavy atom. The summed E-state index contributed by atoms with van der Waals surface area (Å²) in [6.07, 6.45) is 0. The first-order valence-electron chi connectivity index (χ1n) is 9.01. The van der Waals surface area contributed by atoms with Crippen LogP contribution in [0.5, 0.6) is 0 Å². The van der Waals surface area contributed by atoms with Crippen molar-refractivity contribution in [2.45, 2.75) is 25.7 Å². The largest absolute Gasteiger partial charge is 0.351 e. The van der Waals surface area contributed by atoms with Crippen molar-refractivity contribution >= 4 is 39.2 Å². The number of fused-ring (bicyclic) bond motifs is 1. The van der Waals surface area contributed by atoms with Crippen LogP contribution < -0.4 is 16.2 Å². The summed E-state index contributed by atoms with van der Waals surface area (Å²) in [5.41, 5.74) is 0.151. The third kappa shape index (κ3) is 5.32. The molecule has 1 heterocycles. The van der Waals surface area contributed by atoms with Crippen molar-refractivity contribution in [2.24, 2.45) is 0 Å². The minimum Gasteiger partial charge on any atom is -0.351 e. The molecule has 0 aliphatic heterocycles. The molecule has 1 amide bonds. The van der Waals surface area contributed by atoms with Gasteiger partial charge in [0.2, 0.25) is 15.6 Å². The molecule has 0 saturated heterocycles. The Bertz CT molecular complexity index is 971. The Balaban J connectivity index is 0.00000392. The summed E-state index contributed by atoms with van der Waals surface area (Å²) in [4.78, 5) is 27.2. The molecule has 1 aromatic heterocycles. The first kappa shape index (κ1) is 24.1. The molecule has 28 heavy (non-hydrogen) atoms. The number of sulfonamides is 1. The van der Waals surface area contributed by atoms with Gasteiger partial charge in [-0.15, -0.1) is 12.4 Å². The highest BCUT2D eigenvalue weighted by Gasteiger charge is 2.23. The van der Waals surface area contributed by atoms with Gasteiger partial charge in [0, 0.05) is 43.1 Å². The van der Waals surface area contributed by atoms with Crippen molar-refractivity contribution < 1.29 is 13.2 Å². The van der Waals surface area contributed by atoms with Crippen LogP contribution in [0.2, 0.25) is 0 Å². The van der Waals surface area contributed by atoms with Gasteiger partial charge in [0.25, 0.3) is 5.91 Å². The van der Waals surface area contributed by atoms with Gasteiger partial charge in [0.05, 0.1) is 10.5 Å². The van der Waals surface area contributed by atoms with Gasteiger partial charge >= 0.3 is 0 Å². The molecule has 0 aliphatic carbocycles. The van der Waals surface area contributed by atoms with E-state index in [0.717, 1.165) is 6.54 Å². The van der Waals surface area contributed by atoms with Crippen molar-refractivity contribution in [3.8, 4) is 0 Å². The number of H-pyrrole nitrogens is 1. The van der Waals surface area contributed by atoms with Crippen LogP contribution in [0.3, 0.4) is 0 Å². The van der Waals surface area contributed by atoms with Crippen molar-refractivity contribution in [3.63, 3.8) is 0 Å². The average molecular weight is 431 g/mol. The third-order valence-electron chi connectivity index (χ3n) is 4.24. The number of amides is 1. The number of carbonyl (C=O) groups is 1. The molecule has 2 rings (SSSR count). The van der Waals surface area contributed by atoms with E-state index in [-0.39, 0.29) is 22.9 Å². The normalized spacial score (nSPS) is 11.4. The van der Waals surface area contributed by atoms with Crippen molar-refractivity contribution in [2.75, 3.05) is 32.7 Å². The molecule has 156 valence electrons. The Labute approximate surface area is 171 Å². The number of aromatic nitrogens is 1. The highest BCUT2D eigenvalue weighted by molar-refractivity contribution is 7.89. The maximum absolute atomic E-state index is 12.8. The molecule has 10 heteroatoms. The molecule has 0 aliphatic rings. The summed E-state index contributed by atoms with van der Waals surface area (Å²) in [7, 11) is -3.67.